The molecule has 3 heterocycles. The number of amides is 1. The smallest absolute Gasteiger partial charge is 0.232 e. The minimum atomic E-state index is -0.935. The minimum Gasteiger partial charge on any atom is -0.493 e. The topological polar surface area (TPSA) is 71.0 Å². The number of nitrogens with zero attached hydrogens (tertiary/aromatic N) is 1. The Balaban J connectivity index is 1.39. The van der Waals surface area contributed by atoms with Gasteiger partial charge in [-0.05, 0) is 111 Å². The van der Waals surface area contributed by atoms with E-state index in [2.05, 4.69) is 5.32 Å². The summed E-state index contributed by atoms with van der Waals surface area (Å²) in [4.78, 5) is 15.7. The van der Waals surface area contributed by atoms with Gasteiger partial charge in [0, 0.05) is 22.8 Å². The van der Waals surface area contributed by atoms with Crippen LogP contribution in [0.25, 0.3) is 0 Å². The molecule has 2 N–H and O–H groups in total. The zero-order valence-electron chi connectivity index (χ0n) is 24.2. The molecule has 0 aliphatic carbocycles. The van der Waals surface area contributed by atoms with Crippen molar-refractivity contribution in [1.29, 1.82) is 0 Å². The molecule has 3 aromatic rings. The Hall–Kier alpha value is -3.06. The van der Waals surface area contributed by atoms with Crippen molar-refractivity contribution in [3.63, 3.8) is 0 Å². The Morgan fingerprint density at radius 3 is 2.27 bits per heavy atom. The molecule has 0 aromatic heterocycles. The number of carbonyl (C=O) groups is 1. The van der Waals surface area contributed by atoms with Crippen LogP contribution < -0.4 is 19.7 Å². The lowest BCUT2D eigenvalue weighted by molar-refractivity contribution is -0.118. The molecule has 6 rings (SSSR count). The predicted octanol–water partition coefficient (Wildman–Crippen LogP) is 6.55. The molecule has 41 heavy (non-hydrogen) atoms. The number of anilines is 1. The summed E-state index contributed by atoms with van der Waals surface area (Å²) in [6.07, 6.45) is 4.56. The number of halogens is 1. The van der Waals surface area contributed by atoms with Crippen LogP contribution >= 0.6 is 11.6 Å². The third-order valence-corrected chi connectivity index (χ3v) is 9.39. The molecule has 2 fully saturated rings. The first-order valence-electron chi connectivity index (χ1n) is 14.7. The standard InChI is InChI=1S/C34H39ClN2O4/c1-20(2)41-31-19-29-22(15-30(31)40-4)16-32(38)37(33(29)21-5-9-25(35)10-6-21)28-13-7-23(8-14-28)34(3,39)24-17-26-11-12-27(18-24)36-26/h5-10,13-15,19-20,24,26-27,33,36,39H,11-12,16-18H2,1-4H3/t24?,26?,27?,33-,34?/m0/s1. The average Bonchev–Trinajstić information content (AvgIpc) is 3.29. The van der Waals surface area contributed by atoms with Gasteiger partial charge >= 0.3 is 0 Å². The molecule has 0 saturated carbocycles. The van der Waals surface area contributed by atoms with Crippen molar-refractivity contribution in [2.24, 2.45) is 5.92 Å². The molecule has 3 aliphatic rings. The normalized spacial score (nSPS) is 25.1. The summed E-state index contributed by atoms with van der Waals surface area (Å²) < 4.78 is 11.8. The monoisotopic (exact) mass is 574 g/mol. The summed E-state index contributed by atoms with van der Waals surface area (Å²) in [5.41, 5.74) is 3.59. The van der Waals surface area contributed by atoms with Crippen LogP contribution in [0.5, 0.6) is 11.5 Å². The van der Waals surface area contributed by atoms with Crippen LogP contribution in [-0.2, 0) is 16.8 Å². The molecule has 0 radical (unpaired) electrons. The number of hydrogen-bond donors (Lipinski definition) is 2. The van der Waals surface area contributed by atoms with Crippen molar-refractivity contribution in [2.75, 3.05) is 12.0 Å². The zero-order valence-corrected chi connectivity index (χ0v) is 24.9. The van der Waals surface area contributed by atoms with E-state index in [1.54, 1.807) is 7.11 Å². The van der Waals surface area contributed by atoms with E-state index in [-0.39, 0.29) is 30.4 Å². The minimum absolute atomic E-state index is 0.00790. The van der Waals surface area contributed by atoms with Gasteiger partial charge in [0.15, 0.2) is 11.5 Å². The highest BCUT2D eigenvalue weighted by Gasteiger charge is 2.43. The summed E-state index contributed by atoms with van der Waals surface area (Å²) >= 11 is 6.26. The Bertz CT molecular complexity index is 1410. The van der Waals surface area contributed by atoms with Gasteiger partial charge in [0.25, 0.3) is 0 Å². The van der Waals surface area contributed by atoms with E-state index in [4.69, 9.17) is 21.1 Å². The lowest BCUT2D eigenvalue weighted by Crippen LogP contribution is -2.45. The Morgan fingerprint density at radius 2 is 1.66 bits per heavy atom. The summed E-state index contributed by atoms with van der Waals surface area (Å²) in [5.74, 6) is 1.46. The van der Waals surface area contributed by atoms with Gasteiger partial charge < -0.3 is 24.8 Å². The number of carbonyl (C=O) groups excluding carboxylic acids is 1. The van der Waals surface area contributed by atoms with Gasteiger partial charge in [0.05, 0.1) is 31.3 Å². The third-order valence-electron chi connectivity index (χ3n) is 9.13. The molecule has 4 atom stereocenters. The fraction of sp³-hybridized carbons (Fsp3) is 0.441. The molecule has 3 aliphatic heterocycles. The van der Waals surface area contributed by atoms with Crippen molar-refractivity contribution in [3.8, 4) is 11.5 Å². The maximum absolute atomic E-state index is 13.9. The Labute approximate surface area is 247 Å². The number of aliphatic hydroxyl groups is 1. The van der Waals surface area contributed by atoms with Crippen LogP contribution in [0.2, 0.25) is 5.02 Å². The molecular formula is C34H39ClN2O4. The van der Waals surface area contributed by atoms with E-state index in [0.717, 1.165) is 40.8 Å². The van der Waals surface area contributed by atoms with Gasteiger partial charge in [0.1, 0.15) is 0 Å². The number of rotatable bonds is 7. The van der Waals surface area contributed by atoms with E-state index >= 15 is 0 Å². The van der Waals surface area contributed by atoms with Gasteiger partial charge in [-0.1, -0.05) is 35.9 Å². The average molecular weight is 575 g/mol. The van der Waals surface area contributed by atoms with Crippen molar-refractivity contribution in [2.45, 2.75) is 82.7 Å². The number of methoxy groups -OCH3 is 1. The van der Waals surface area contributed by atoms with E-state index in [0.29, 0.717) is 28.6 Å². The number of piperidine rings is 1. The van der Waals surface area contributed by atoms with Crippen LogP contribution in [0.3, 0.4) is 0 Å². The highest BCUT2D eigenvalue weighted by atomic mass is 35.5. The van der Waals surface area contributed by atoms with Crippen LogP contribution in [0.1, 0.15) is 74.8 Å². The van der Waals surface area contributed by atoms with Crippen LogP contribution in [-0.4, -0.2) is 36.3 Å². The molecule has 216 valence electrons. The van der Waals surface area contributed by atoms with Crippen LogP contribution in [0.4, 0.5) is 5.69 Å². The van der Waals surface area contributed by atoms with E-state index in [9.17, 15) is 9.90 Å². The van der Waals surface area contributed by atoms with Crippen molar-refractivity contribution < 1.29 is 19.4 Å². The zero-order chi connectivity index (χ0) is 28.9. The second-order valence-electron chi connectivity index (χ2n) is 12.3. The first-order chi connectivity index (χ1) is 19.6. The third kappa shape index (κ3) is 5.33. The molecule has 2 bridgehead atoms. The maximum atomic E-state index is 13.9. The second-order valence-corrected chi connectivity index (χ2v) is 12.7. The van der Waals surface area contributed by atoms with Gasteiger partial charge in [-0.15, -0.1) is 0 Å². The highest BCUT2D eigenvalue weighted by Crippen LogP contribution is 2.45. The second kappa shape index (κ2) is 11.0. The Kier molecular flexibility index (Phi) is 7.52. The fourth-order valence-electron chi connectivity index (χ4n) is 7.04. The molecule has 3 aromatic carbocycles. The van der Waals surface area contributed by atoms with Gasteiger partial charge in [-0.2, -0.15) is 0 Å². The highest BCUT2D eigenvalue weighted by molar-refractivity contribution is 6.30. The van der Waals surface area contributed by atoms with Crippen molar-refractivity contribution in [1.82, 2.24) is 5.32 Å². The molecule has 3 unspecified atom stereocenters. The molecule has 7 heteroatoms. The first-order valence-corrected chi connectivity index (χ1v) is 15.1. The summed E-state index contributed by atoms with van der Waals surface area (Å²) in [7, 11) is 1.62. The molecule has 0 spiro atoms. The molecule has 1 amide bonds. The quantitative estimate of drug-likeness (QED) is 0.335. The molecule has 6 nitrogen and oxygen atoms in total. The van der Waals surface area contributed by atoms with E-state index in [1.165, 1.54) is 12.8 Å². The fourth-order valence-corrected chi connectivity index (χ4v) is 7.17. The van der Waals surface area contributed by atoms with E-state index < -0.39 is 5.60 Å². The SMILES string of the molecule is COc1cc2c(cc1OC(C)C)[C@H](c1ccc(Cl)cc1)N(c1ccc(C(C)(O)C3CC4CCC(C3)N4)cc1)C(=O)C2. The number of hydrogen-bond acceptors (Lipinski definition) is 5. The summed E-state index contributed by atoms with van der Waals surface area (Å²) in [5, 5.41) is 16.0. The van der Waals surface area contributed by atoms with E-state index in [1.807, 2.05) is 86.3 Å². The summed E-state index contributed by atoms with van der Waals surface area (Å²) in [6, 6.07) is 20.1. The van der Waals surface area contributed by atoms with Crippen LogP contribution in [0, 0.1) is 5.92 Å². The lowest BCUT2D eigenvalue weighted by atomic mass is 9.75. The lowest BCUT2D eigenvalue weighted by Gasteiger charge is -2.40. The number of nitrogens with one attached hydrogen (secondary N) is 1. The molecule has 2 saturated heterocycles. The van der Waals surface area contributed by atoms with Crippen LogP contribution in [0.15, 0.2) is 60.7 Å². The number of benzene rings is 3. The number of ether oxygens (including phenoxy) is 2. The van der Waals surface area contributed by atoms with Crippen molar-refractivity contribution in [3.05, 3.63) is 87.9 Å². The van der Waals surface area contributed by atoms with Gasteiger partial charge in [-0.3, -0.25) is 4.79 Å². The first kappa shape index (κ1) is 28.1. The largest absolute Gasteiger partial charge is 0.493 e. The van der Waals surface area contributed by atoms with Gasteiger partial charge in [0.2, 0.25) is 5.91 Å². The Morgan fingerprint density at radius 1 is 1.00 bits per heavy atom. The van der Waals surface area contributed by atoms with Gasteiger partial charge in [-0.25, -0.2) is 0 Å². The number of fused-ring (bicyclic) bond motifs is 3. The molecular weight excluding hydrogens is 536 g/mol. The predicted molar refractivity (Wildman–Crippen MR) is 162 cm³/mol. The van der Waals surface area contributed by atoms with Crippen molar-refractivity contribution >= 4 is 23.2 Å². The maximum Gasteiger partial charge on any atom is 0.232 e. The summed E-state index contributed by atoms with van der Waals surface area (Å²) in [6.45, 7) is 5.91.